The van der Waals surface area contributed by atoms with Crippen LogP contribution in [0.4, 0.5) is 0 Å². The zero-order valence-corrected chi connectivity index (χ0v) is 12.1. The van der Waals surface area contributed by atoms with Crippen LogP contribution in [0.2, 0.25) is 0 Å². The van der Waals surface area contributed by atoms with E-state index >= 15 is 0 Å². The zero-order valence-electron chi connectivity index (χ0n) is 11.3. The van der Waals surface area contributed by atoms with Crippen LogP contribution in [0.3, 0.4) is 0 Å². The van der Waals surface area contributed by atoms with Gasteiger partial charge in [-0.05, 0) is 69.4 Å². The van der Waals surface area contributed by atoms with Crippen LogP contribution in [0.25, 0.3) is 0 Å². The van der Waals surface area contributed by atoms with Crippen molar-refractivity contribution in [1.29, 1.82) is 0 Å². The summed E-state index contributed by atoms with van der Waals surface area (Å²) in [6.45, 7) is 6.01. The zero-order chi connectivity index (χ0) is 12.6. The van der Waals surface area contributed by atoms with Gasteiger partial charge in [0.15, 0.2) is 0 Å². The first-order valence-electron chi connectivity index (χ1n) is 6.94. The Morgan fingerprint density at radius 1 is 1.17 bits per heavy atom. The molecule has 3 heteroatoms. The van der Waals surface area contributed by atoms with Gasteiger partial charge in [0.05, 0.1) is 0 Å². The number of benzene rings is 1. The quantitative estimate of drug-likeness (QED) is 0.602. The largest absolute Gasteiger partial charge is 0.313 e. The molecule has 1 N–H and O–H groups in total. The molecule has 1 saturated heterocycles. The van der Waals surface area contributed by atoms with E-state index in [9.17, 15) is 0 Å². The highest BCUT2D eigenvalue weighted by atomic mass is 32.2. The smallest absolute Gasteiger partial charge is 0.0205 e. The van der Waals surface area contributed by atoms with E-state index < -0.39 is 0 Å². The Labute approximate surface area is 115 Å². The van der Waals surface area contributed by atoms with Gasteiger partial charge in [-0.25, -0.2) is 0 Å². The molecular weight excluding hydrogens is 240 g/mol. The summed E-state index contributed by atoms with van der Waals surface area (Å²) in [5.74, 6) is 0. The first kappa shape index (κ1) is 13.9. The van der Waals surface area contributed by atoms with Crippen LogP contribution in [0.15, 0.2) is 29.2 Å². The molecule has 100 valence electrons. The molecule has 1 aromatic rings. The van der Waals surface area contributed by atoms with Crippen molar-refractivity contribution >= 4 is 11.8 Å². The molecule has 1 aromatic carbocycles. The third-order valence-corrected chi connectivity index (χ3v) is 4.26. The van der Waals surface area contributed by atoms with E-state index in [0.717, 1.165) is 13.1 Å². The van der Waals surface area contributed by atoms with E-state index in [2.05, 4.69) is 40.7 Å². The van der Waals surface area contributed by atoms with Gasteiger partial charge in [0.25, 0.3) is 0 Å². The molecule has 1 fully saturated rings. The van der Waals surface area contributed by atoms with Crippen LogP contribution >= 0.6 is 11.8 Å². The number of thioether (sulfide) groups is 1. The minimum atomic E-state index is 0.995. The van der Waals surface area contributed by atoms with Crippen molar-refractivity contribution in [2.45, 2.75) is 30.7 Å². The summed E-state index contributed by atoms with van der Waals surface area (Å²) < 4.78 is 0. The lowest BCUT2D eigenvalue weighted by atomic mass is 10.2. The van der Waals surface area contributed by atoms with Gasteiger partial charge in [-0.15, -0.1) is 11.8 Å². The fourth-order valence-electron chi connectivity index (χ4n) is 2.41. The number of nitrogens with one attached hydrogen (secondary N) is 1. The van der Waals surface area contributed by atoms with Gasteiger partial charge in [0.1, 0.15) is 0 Å². The monoisotopic (exact) mass is 264 g/mol. The molecule has 0 aromatic heterocycles. The van der Waals surface area contributed by atoms with Crippen LogP contribution in [0.1, 0.15) is 24.8 Å². The molecule has 2 nitrogen and oxygen atoms in total. The van der Waals surface area contributed by atoms with Crippen molar-refractivity contribution in [3.05, 3.63) is 29.8 Å². The number of hydrogen-bond acceptors (Lipinski definition) is 3. The average molecular weight is 264 g/mol. The number of rotatable bonds is 7. The summed E-state index contributed by atoms with van der Waals surface area (Å²) >= 11 is 1.80. The lowest BCUT2D eigenvalue weighted by molar-refractivity contribution is 0.331. The van der Waals surface area contributed by atoms with Crippen molar-refractivity contribution in [2.24, 2.45) is 0 Å². The summed E-state index contributed by atoms with van der Waals surface area (Å²) in [7, 11) is 0. The predicted molar refractivity (Wildman–Crippen MR) is 80.2 cm³/mol. The Hall–Kier alpha value is -0.510. The number of hydrogen-bond donors (Lipinski definition) is 1. The minimum absolute atomic E-state index is 0.995. The van der Waals surface area contributed by atoms with Crippen molar-refractivity contribution in [3.8, 4) is 0 Å². The van der Waals surface area contributed by atoms with E-state index in [4.69, 9.17) is 0 Å². The van der Waals surface area contributed by atoms with Crippen molar-refractivity contribution in [1.82, 2.24) is 10.2 Å². The second-order valence-electron chi connectivity index (χ2n) is 4.93. The molecule has 0 spiro atoms. The predicted octanol–water partition coefficient (Wildman–Crippen LogP) is 2.98. The highest BCUT2D eigenvalue weighted by Gasteiger charge is 2.09. The molecule has 0 amide bonds. The fourth-order valence-corrected chi connectivity index (χ4v) is 2.82. The molecule has 0 unspecified atom stereocenters. The SMILES string of the molecule is CSc1ccc(CNCCCN2CCCC2)cc1. The van der Waals surface area contributed by atoms with Gasteiger partial charge in [-0.2, -0.15) is 0 Å². The van der Waals surface area contributed by atoms with Gasteiger partial charge < -0.3 is 10.2 Å². The maximum atomic E-state index is 3.53. The van der Waals surface area contributed by atoms with Crippen molar-refractivity contribution in [3.63, 3.8) is 0 Å². The Balaban J connectivity index is 1.56. The van der Waals surface area contributed by atoms with Crippen LogP contribution in [-0.2, 0) is 6.54 Å². The summed E-state index contributed by atoms with van der Waals surface area (Å²) in [5, 5.41) is 3.53. The Morgan fingerprint density at radius 3 is 2.56 bits per heavy atom. The van der Waals surface area contributed by atoms with Gasteiger partial charge in [0, 0.05) is 11.4 Å². The third kappa shape index (κ3) is 4.63. The molecule has 1 aliphatic rings. The van der Waals surface area contributed by atoms with E-state index in [0.29, 0.717) is 0 Å². The van der Waals surface area contributed by atoms with Gasteiger partial charge in [0.2, 0.25) is 0 Å². The van der Waals surface area contributed by atoms with E-state index in [1.165, 1.54) is 49.4 Å². The summed E-state index contributed by atoms with van der Waals surface area (Å²) in [6, 6.07) is 8.84. The normalized spacial score (nSPS) is 16.3. The van der Waals surface area contributed by atoms with E-state index in [1.807, 2.05) is 0 Å². The highest BCUT2D eigenvalue weighted by Crippen LogP contribution is 2.14. The maximum Gasteiger partial charge on any atom is 0.0205 e. The minimum Gasteiger partial charge on any atom is -0.313 e. The lowest BCUT2D eigenvalue weighted by Crippen LogP contribution is -2.24. The first-order valence-corrected chi connectivity index (χ1v) is 8.17. The highest BCUT2D eigenvalue weighted by molar-refractivity contribution is 7.98. The van der Waals surface area contributed by atoms with Crippen molar-refractivity contribution < 1.29 is 0 Å². The topological polar surface area (TPSA) is 15.3 Å². The van der Waals surface area contributed by atoms with Crippen LogP contribution in [-0.4, -0.2) is 37.3 Å². The average Bonchev–Trinajstić information content (AvgIpc) is 2.92. The standard InChI is InChI=1S/C15H24N2S/c1-18-15-7-5-14(6-8-15)13-16-9-4-12-17-10-2-3-11-17/h5-8,16H,2-4,9-13H2,1H3. The molecule has 2 rings (SSSR count). The molecule has 0 bridgehead atoms. The Morgan fingerprint density at radius 2 is 1.89 bits per heavy atom. The van der Waals surface area contributed by atoms with Crippen LogP contribution in [0.5, 0.6) is 0 Å². The Bertz CT molecular complexity index is 331. The summed E-state index contributed by atoms with van der Waals surface area (Å²) in [4.78, 5) is 3.92. The first-order chi connectivity index (χ1) is 8.88. The second kappa shape index (κ2) is 7.82. The molecule has 0 radical (unpaired) electrons. The summed E-state index contributed by atoms with van der Waals surface area (Å²) in [6.07, 6.45) is 6.18. The van der Waals surface area contributed by atoms with Crippen LogP contribution < -0.4 is 5.32 Å². The third-order valence-electron chi connectivity index (χ3n) is 3.51. The summed E-state index contributed by atoms with van der Waals surface area (Å²) in [5.41, 5.74) is 1.38. The molecule has 0 aliphatic carbocycles. The molecule has 1 heterocycles. The van der Waals surface area contributed by atoms with E-state index in [-0.39, 0.29) is 0 Å². The molecular formula is C15H24N2S. The van der Waals surface area contributed by atoms with Crippen molar-refractivity contribution in [2.75, 3.05) is 32.4 Å². The number of likely N-dealkylation sites (tertiary alicyclic amines) is 1. The molecule has 0 atom stereocenters. The van der Waals surface area contributed by atoms with Gasteiger partial charge in [-0.3, -0.25) is 0 Å². The van der Waals surface area contributed by atoms with E-state index in [1.54, 1.807) is 11.8 Å². The second-order valence-corrected chi connectivity index (χ2v) is 5.81. The lowest BCUT2D eigenvalue weighted by Gasteiger charge is -2.14. The number of nitrogens with zero attached hydrogens (tertiary/aromatic N) is 1. The Kier molecular flexibility index (Phi) is 6.05. The molecule has 1 aliphatic heterocycles. The fraction of sp³-hybridized carbons (Fsp3) is 0.600. The van der Waals surface area contributed by atoms with Crippen LogP contribution in [0, 0.1) is 0 Å². The maximum absolute atomic E-state index is 3.53. The molecule has 18 heavy (non-hydrogen) atoms. The van der Waals surface area contributed by atoms with Gasteiger partial charge >= 0.3 is 0 Å². The van der Waals surface area contributed by atoms with Gasteiger partial charge in [-0.1, -0.05) is 12.1 Å². The molecule has 0 saturated carbocycles.